The van der Waals surface area contributed by atoms with Crippen LogP contribution in [0, 0.1) is 24.5 Å². The molecule has 1 atom stereocenters. The van der Waals surface area contributed by atoms with Gasteiger partial charge in [0.2, 0.25) is 5.95 Å². The zero-order chi connectivity index (χ0) is 28.6. The molecule has 0 spiro atoms. The fourth-order valence-corrected chi connectivity index (χ4v) is 5.83. The van der Waals surface area contributed by atoms with E-state index in [2.05, 4.69) is 61.9 Å². The normalized spacial score (nSPS) is 15.8. The quantitative estimate of drug-likeness (QED) is 0.284. The van der Waals surface area contributed by atoms with Gasteiger partial charge in [-0.2, -0.15) is 0 Å². The number of rotatable bonds is 8. The number of hydrogen-bond donors (Lipinski definition) is 1. The van der Waals surface area contributed by atoms with E-state index in [1.165, 1.54) is 6.07 Å². The third-order valence-electron chi connectivity index (χ3n) is 7.71. The second-order valence-corrected chi connectivity index (χ2v) is 11.1. The molecule has 0 amide bonds. The van der Waals surface area contributed by atoms with Gasteiger partial charge in [-0.1, -0.05) is 26.8 Å². The molecule has 4 heterocycles. The lowest BCUT2D eigenvalue weighted by Gasteiger charge is -2.40. The van der Waals surface area contributed by atoms with E-state index >= 15 is 4.39 Å². The molecule has 0 aliphatic carbocycles. The number of hydrogen-bond acceptors (Lipinski definition) is 7. The second kappa shape index (κ2) is 11.5. The first-order chi connectivity index (χ1) is 19.2. The number of likely N-dealkylation sites (N-methyl/N-ethyl adjacent to an activating group) is 1. The standard InChI is InChI=1S/C30H38F2N8/c1-7-38-10-12-39(13-11-38)29(18(2)3)21-8-9-26(33-16-21)36-30-34-17-24(32)27(37-30)22-14-23(31)28-25(15-22)40(19(4)5)20(6)35-28/h8-9,14-19,29H,7,10-13H2,1-6H3,(H,33,34,36,37)/t29-/m1/s1. The predicted octanol–water partition coefficient (Wildman–Crippen LogP) is 6.13. The molecule has 8 nitrogen and oxygen atoms in total. The maximum atomic E-state index is 15.0. The van der Waals surface area contributed by atoms with Crippen molar-refractivity contribution < 1.29 is 8.78 Å². The number of pyridine rings is 1. The van der Waals surface area contributed by atoms with Gasteiger partial charge in [-0.3, -0.25) is 4.90 Å². The first kappa shape index (κ1) is 28.0. The van der Waals surface area contributed by atoms with E-state index in [1.807, 2.05) is 37.6 Å². The molecule has 40 heavy (non-hydrogen) atoms. The van der Waals surface area contributed by atoms with Gasteiger partial charge in [0, 0.05) is 50.0 Å². The number of anilines is 2. The van der Waals surface area contributed by atoms with Crippen molar-refractivity contribution in [1.29, 1.82) is 0 Å². The van der Waals surface area contributed by atoms with Gasteiger partial charge in [-0.05, 0) is 57.0 Å². The van der Waals surface area contributed by atoms with Crippen molar-refractivity contribution in [2.45, 2.75) is 53.6 Å². The van der Waals surface area contributed by atoms with E-state index < -0.39 is 11.6 Å². The number of benzene rings is 1. The highest BCUT2D eigenvalue weighted by Crippen LogP contribution is 2.32. The topological polar surface area (TPSA) is 75.0 Å². The van der Waals surface area contributed by atoms with Gasteiger partial charge in [0.1, 0.15) is 22.9 Å². The Labute approximate surface area is 234 Å². The molecule has 0 saturated carbocycles. The molecule has 1 aliphatic heterocycles. The summed E-state index contributed by atoms with van der Waals surface area (Å²) in [4.78, 5) is 22.5. The highest BCUT2D eigenvalue weighted by molar-refractivity contribution is 5.83. The fraction of sp³-hybridized carbons (Fsp3) is 0.467. The molecule has 1 fully saturated rings. The third kappa shape index (κ3) is 5.55. The fourth-order valence-electron chi connectivity index (χ4n) is 5.83. The highest BCUT2D eigenvalue weighted by atomic mass is 19.1. The van der Waals surface area contributed by atoms with Crippen LogP contribution < -0.4 is 5.32 Å². The first-order valence-electron chi connectivity index (χ1n) is 14.1. The van der Waals surface area contributed by atoms with Crippen molar-refractivity contribution in [2.24, 2.45) is 5.92 Å². The molecular weight excluding hydrogens is 510 g/mol. The summed E-state index contributed by atoms with van der Waals surface area (Å²) in [6.45, 7) is 17.8. The van der Waals surface area contributed by atoms with Crippen molar-refractivity contribution in [3.05, 3.63) is 59.7 Å². The number of fused-ring (bicyclic) bond motifs is 1. The molecule has 1 aliphatic rings. The molecule has 3 aromatic heterocycles. The number of aromatic nitrogens is 5. The SMILES string of the molecule is CCN1CCN([C@@H](c2ccc(Nc3ncc(F)c(-c4cc(F)c5nc(C)n(C(C)C)c5c4)n3)nc2)C(C)C)CC1. The van der Waals surface area contributed by atoms with Gasteiger partial charge in [-0.25, -0.2) is 28.7 Å². The lowest BCUT2D eigenvalue weighted by atomic mass is 9.95. The highest BCUT2D eigenvalue weighted by Gasteiger charge is 2.27. The molecular formula is C30H38F2N8. The van der Waals surface area contributed by atoms with E-state index in [-0.39, 0.29) is 29.2 Å². The minimum absolute atomic E-state index is 0.00942. The van der Waals surface area contributed by atoms with Gasteiger partial charge in [-0.15, -0.1) is 0 Å². The van der Waals surface area contributed by atoms with Crippen LogP contribution in [0.4, 0.5) is 20.5 Å². The third-order valence-corrected chi connectivity index (χ3v) is 7.71. The van der Waals surface area contributed by atoms with Crippen LogP contribution in [0.3, 0.4) is 0 Å². The van der Waals surface area contributed by atoms with Crippen molar-refractivity contribution in [1.82, 2.24) is 34.3 Å². The molecule has 212 valence electrons. The first-order valence-corrected chi connectivity index (χ1v) is 14.1. The smallest absolute Gasteiger partial charge is 0.229 e. The monoisotopic (exact) mass is 548 g/mol. The minimum atomic E-state index is -0.636. The Bertz CT molecular complexity index is 1470. The Morgan fingerprint density at radius 2 is 1.68 bits per heavy atom. The molecule has 4 aromatic rings. The average molecular weight is 549 g/mol. The van der Waals surface area contributed by atoms with Crippen LogP contribution in [0.15, 0.2) is 36.7 Å². The number of aryl methyl sites for hydroxylation is 1. The minimum Gasteiger partial charge on any atom is -0.326 e. The van der Waals surface area contributed by atoms with Crippen LogP contribution in [0.2, 0.25) is 0 Å². The lowest BCUT2D eigenvalue weighted by molar-refractivity contribution is 0.0784. The summed E-state index contributed by atoms with van der Waals surface area (Å²) in [7, 11) is 0. The number of halogens is 2. The van der Waals surface area contributed by atoms with Crippen LogP contribution in [0.5, 0.6) is 0 Å². The van der Waals surface area contributed by atoms with Gasteiger partial charge in [0.05, 0.1) is 11.7 Å². The second-order valence-electron chi connectivity index (χ2n) is 11.1. The van der Waals surface area contributed by atoms with E-state index in [0.717, 1.165) is 44.5 Å². The summed E-state index contributed by atoms with van der Waals surface area (Å²) in [6.07, 6.45) is 2.99. The van der Waals surface area contributed by atoms with Crippen LogP contribution in [0.1, 0.15) is 58.1 Å². The molecule has 0 radical (unpaired) electrons. The maximum Gasteiger partial charge on any atom is 0.229 e. The molecule has 1 saturated heterocycles. The van der Waals surface area contributed by atoms with Gasteiger partial charge >= 0.3 is 0 Å². The van der Waals surface area contributed by atoms with Gasteiger partial charge < -0.3 is 14.8 Å². The molecule has 0 unspecified atom stereocenters. The number of nitrogens with one attached hydrogen (secondary N) is 1. The summed E-state index contributed by atoms with van der Waals surface area (Å²) in [5, 5.41) is 3.08. The van der Waals surface area contributed by atoms with Crippen molar-refractivity contribution in [3.63, 3.8) is 0 Å². The summed E-state index contributed by atoms with van der Waals surface area (Å²) in [5.41, 5.74) is 2.35. The molecule has 10 heteroatoms. The molecule has 1 N–H and O–H groups in total. The Hall–Kier alpha value is -3.50. The maximum absolute atomic E-state index is 15.0. The van der Waals surface area contributed by atoms with Crippen LogP contribution in [-0.4, -0.2) is 67.0 Å². The summed E-state index contributed by atoms with van der Waals surface area (Å²) in [6, 6.07) is 7.32. The number of piperazine rings is 1. The van der Waals surface area contributed by atoms with Gasteiger partial charge in [0.25, 0.3) is 0 Å². The zero-order valence-corrected chi connectivity index (χ0v) is 24.1. The van der Waals surface area contributed by atoms with E-state index in [4.69, 9.17) is 0 Å². The van der Waals surface area contributed by atoms with Crippen LogP contribution >= 0.6 is 0 Å². The lowest BCUT2D eigenvalue weighted by Crippen LogP contribution is -2.48. The molecule has 1 aromatic carbocycles. The van der Waals surface area contributed by atoms with Crippen molar-refractivity contribution in [2.75, 3.05) is 38.0 Å². The largest absolute Gasteiger partial charge is 0.326 e. The van der Waals surface area contributed by atoms with E-state index in [1.54, 1.807) is 6.07 Å². The Morgan fingerprint density at radius 1 is 0.925 bits per heavy atom. The van der Waals surface area contributed by atoms with Crippen LogP contribution in [-0.2, 0) is 0 Å². The van der Waals surface area contributed by atoms with Crippen LogP contribution in [0.25, 0.3) is 22.3 Å². The summed E-state index contributed by atoms with van der Waals surface area (Å²) >= 11 is 0. The number of imidazole rings is 1. The zero-order valence-electron chi connectivity index (χ0n) is 24.1. The van der Waals surface area contributed by atoms with Gasteiger partial charge in [0.15, 0.2) is 11.6 Å². The summed E-state index contributed by atoms with van der Waals surface area (Å²) < 4.78 is 31.9. The molecule has 5 rings (SSSR count). The van der Waals surface area contributed by atoms with E-state index in [9.17, 15) is 4.39 Å². The summed E-state index contributed by atoms with van der Waals surface area (Å²) in [5.74, 6) is 0.712. The predicted molar refractivity (Wildman–Crippen MR) is 155 cm³/mol. The average Bonchev–Trinajstić information content (AvgIpc) is 3.27. The van der Waals surface area contributed by atoms with Crippen molar-refractivity contribution in [3.8, 4) is 11.3 Å². The van der Waals surface area contributed by atoms with E-state index in [0.29, 0.717) is 28.6 Å². The Kier molecular flexibility index (Phi) is 8.09. The number of nitrogens with zero attached hydrogens (tertiary/aromatic N) is 7. The van der Waals surface area contributed by atoms with Crippen molar-refractivity contribution >= 4 is 22.8 Å². The Morgan fingerprint density at radius 3 is 2.30 bits per heavy atom. The Balaban J connectivity index is 1.39. The molecule has 0 bridgehead atoms.